The van der Waals surface area contributed by atoms with Crippen LogP contribution in [0.1, 0.15) is 34.9 Å². The standard InChI is InChI=1S/C17H18N2O2/c1-19-11-5-10-16(19)15-9-4-8-14(18-15)12-6-2-3-7-13(12)17(20)21/h2-4,6-9,16H,5,10-11H2,1H3,(H,20,21). The van der Waals surface area contributed by atoms with Gasteiger partial charge in [-0.25, -0.2) is 4.79 Å². The Hall–Kier alpha value is -2.20. The van der Waals surface area contributed by atoms with Crippen molar-refractivity contribution in [3.8, 4) is 11.3 Å². The number of aromatic nitrogens is 1. The molecule has 1 aliphatic heterocycles. The third-order valence-electron chi connectivity index (χ3n) is 4.07. The number of pyridine rings is 1. The number of carboxylic acid groups (broad SMARTS) is 1. The zero-order chi connectivity index (χ0) is 14.8. The molecule has 0 amide bonds. The van der Waals surface area contributed by atoms with Crippen LogP contribution >= 0.6 is 0 Å². The van der Waals surface area contributed by atoms with E-state index in [2.05, 4.69) is 11.9 Å². The van der Waals surface area contributed by atoms with Crippen LogP contribution in [-0.4, -0.2) is 34.6 Å². The van der Waals surface area contributed by atoms with Gasteiger partial charge in [-0.1, -0.05) is 24.3 Å². The Morgan fingerprint density at radius 3 is 2.76 bits per heavy atom. The number of aromatic carboxylic acids is 1. The molecule has 1 N–H and O–H groups in total. The van der Waals surface area contributed by atoms with Gasteiger partial charge in [0, 0.05) is 5.56 Å². The number of carboxylic acids is 1. The topological polar surface area (TPSA) is 53.4 Å². The maximum absolute atomic E-state index is 11.4. The van der Waals surface area contributed by atoms with Gasteiger partial charge in [-0.2, -0.15) is 0 Å². The second-order valence-electron chi connectivity index (χ2n) is 5.44. The SMILES string of the molecule is CN1CCCC1c1cccc(-c2ccccc2C(=O)O)n1. The minimum Gasteiger partial charge on any atom is -0.478 e. The van der Waals surface area contributed by atoms with Gasteiger partial charge >= 0.3 is 5.97 Å². The van der Waals surface area contributed by atoms with Gasteiger partial charge in [-0.05, 0) is 44.6 Å². The molecular weight excluding hydrogens is 264 g/mol. The first-order valence-electron chi connectivity index (χ1n) is 7.16. The molecule has 4 heteroatoms. The summed E-state index contributed by atoms with van der Waals surface area (Å²) in [5.74, 6) is -0.921. The molecule has 1 fully saturated rings. The van der Waals surface area contributed by atoms with Crippen molar-refractivity contribution < 1.29 is 9.90 Å². The summed E-state index contributed by atoms with van der Waals surface area (Å²) in [6.07, 6.45) is 2.28. The molecule has 1 unspecified atom stereocenters. The van der Waals surface area contributed by atoms with Crippen LogP contribution in [0.2, 0.25) is 0 Å². The van der Waals surface area contributed by atoms with Gasteiger partial charge < -0.3 is 5.11 Å². The Morgan fingerprint density at radius 1 is 1.24 bits per heavy atom. The van der Waals surface area contributed by atoms with E-state index in [1.165, 1.54) is 6.42 Å². The number of nitrogens with zero attached hydrogens (tertiary/aromatic N) is 2. The van der Waals surface area contributed by atoms with Crippen LogP contribution in [0.15, 0.2) is 42.5 Å². The van der Waals surface area contributed by atoms with Crippen LogP contribution in [0.4, 0.5) is 0 Å². The van der Waals surface area contributed by atoms with E-state index in [0.717, 1.165) is 24.4 Å². The van der Waals surface area contributed by atoms with Crippen LogP contribution in [0, 0.1) is 0 Å². The Bertz CT molecular complexity index is 669. The molecule has 0 aliphatic carbocycles. The summed E-state index contributed by atoms with van der Waals surface area (Å²) in [6, 6.07) is 13.2. The van der Waals surface area contributed by atoms with Crippen LogP contribution in [-0.2, 0) is 0 Å². The number of carbonyl (C=O) groups is 1. The average Bonchev–Trinajstić information content (AvgIpc) is 2.93. The second-order valence-corrected chi connectivity index (χ2v) is 5.44. The molecule has 1 aliphatic rings. The second kappa shape index (κ2) is 5.66. The molecular formula is C17H18N2O2. The highest BCUT2D eigenvalue weighted by molar-refractivity contribution is 5.95. The van der Waals surface area contributed by atoms with Crippen molar-refractivity contribution in [2.75, 3.05) is 13.6 Å². The van der Waals surface area contributed by atoms with Gasteiger partial charge in [0.15, 0.2) is 0 Å². The average molecular weight is 282 g/mol. The predicted octanol–water partition coefficient (Wildman–Crippen LogP) is 3.21. The summed E-state index contributed by atoms with van der Waals surface area (Å²) in [5.41, 5.74) is 2.72. The first-order valence-corrected chi connectivity index (χ1v) is 7.16. The molecule has 1 aromatic heterocycles. The lowest BCUT2D eigenvalue weighted by Crippen LogP contribution is -2.18. The lowest BCUT2D eigenvalue weighted by atomic mass is 10.0. The first-order chi connectivity index (χ1) is 10.2. The molecule has 0 spiro atoms. The quantitative estimate of drug-likeness (QED) is 0.939. The fourth-order valence-corrected chi connectivity index (χ4v) is 2.96. The minimum atomic E-state index is -0.921. The summed E-state index contributed by atoms with van der Waals surface area (Å²) in [7, 11) is 2.11. The lowest BCUT2D eigenvalue weighted by molar-refractivity contribution is 0.0697. The zero-order valence-electron chi connectivity index (χ0n) is 12.0. The van der Waals surface area contributed by atoms with Crippen molar-refractivity contribution in [1.29, 1.82) is 0 Å². The van der Waals surface area contributed by atoms with Crippen molar-refractivity contribution in [3.05, 3.63) is 53.7 Å². The van der Waals surface area contributed by atoms with Crippen molar-refractivity contribution in [2.24, 2.45) is 0 Å². The zero-order valence-corrected chi connectivity index (χ0v) is 12.0. The smallest absolute Gasteiger partial charge is 0.336 e. The highest BCUT2D eigenvalue weighted by Crippen LogP contribution is 2.31. The molecule has 1 aromatic carbocycles. The number of hydrogen-bond donors (Lipinski definition) is 1. The fourth-order valence-electron chi connectivity index (χ4n) is 2.96. The van der Waals surface area contributed by atoms with Gasteiger partial charge in [-0.15, -0.1) is 0 Å². The van der Waals surface area contributed by atoms with E-state index in [-0.39, 0.29) is 0 Å². The van der Waals surface area contributed by atoms with E-state index >= 15 is 0 Å². The van der Waals surface area contributed by atoms with Gasteiger partial charge in [0.25, 0.3) is 0 Å². The summed E-state index contributed by atoms with van der Waals surface area (Å²) >= 11 is 0. The summed E-state index contributed by atoms with van der Waals surface area (Å²) in [4.78, 5) is 18.4. The largest absolute Gasteiger partial charge is 0.478 e. The Morgan fingerprint density at radius 2 is 2.05 bits per heavy atom. The van der Waals surface area contributed by atoms with Crippen LogP contribution in [0.25, 0.3) is 11.3 Å². The van der Waals surface area contributed by atoms with Crippen LogP contribution < -0.4 is 0 Å². The lowest BCUT2D eigenvalue weighted by Gasteiger charge is -2.19. The summed E-state index contributed by atoms with van der Waals surface area (Å²) in [6.45, 7) is 1.09. The van der Waals surface area contributed by atoms with Crippen molar-refractivity contribution in [3.63, 3.8) is 0 Å². The van der Waals surface area contributed by atoms with E-state index < -0.39 is 5.97 Å². The molecule has 0 saturated carbocycles. The van der Waals surface area contributed by atoms with Crippen LogP contribution in [0.5, 0.6) is 0 Å². The van der Waals surface area contributed by atoms with Crippen molar-refractivity contribution >= 4 is 5.97 Å². The number of likely N-dealkylation sites (tertiary alicyclic amines) is 1. The normalized spacial score (nSPS) is 18.8. The maximum atomic E-state index is 11.4. The summed E-state index contributed by atoms with van der Waals surface area (Å²) in [5, 5.41) is 9.31. The van der Waals surface area contributed by atoms with E-state index in [1.807, 2.05) is 30.3 Å². The Kier molecular flexibility index (Phi) is 3.71. The van der Waals surface area contributed by atoms with E-state index in [9.17, 15) is 9.90 Å². The third kappa shape index (κ3) is 2.67. The highest BCUT2D eigenvalue weighted by Gasteiger charge is 2.24. The van der Waals surface area contributed by atoms with E-state index in [0.29, 0.717) is 17.2 Å². The van der Waals surface area contributed by atoms with Gasteiger partial charge in [-0.3, -0.25) is 9.88 Å². The molecule has 2 heterocycles. The monoisotopic (exact) mass is 282 g/mol. The highest BCUT2D eigenvalue weighted by atomic mass is 16.4. The molecule has 0 radical (unpaired) electrons. The molecule has 0 bridgehead atoms. The number of hydrogen-bond acceptors (Lipinski definition) is 3. The van der Waals surface area contributed by atoms with Gasteiger partial charge in [0.2, 0.25) is 0 Å². The molecule has 1 saturated heterocycles. The predicted molar refractivity (Wildman–Crippen MR) is 81.2 cm³/mol. The molecule has 1 atom stereocenters. The fraction of sp³-hybridized carbons (Fsp3) is 0.294. The van der Waals surface area contributed by atoms with Crippen molar-refractivity contribution in [1.82, 2.24) is 9.88 Å². The molecule has 2 aromatic rings. The Balaban J connectivity index is 2.02. The molecule has 21 heavy (non-hydrogen) atoms. The minimum absolute atomic E-state index is 0.293. The van der Waals surface area contributed by atoms with Crippen LogP contribution in [0.3, 0.4) is 0 Å². The van der Waals surface area contributed by atoms with Crippen molar-refractivity contribution in [2.45, 2.75) is 18.9 Å². The molecule has 4 nitrogen and oxygen atoms in total. The maximum Gasteiger partial charge on any atom is 0.336 e. The van der Waals surface area contributed by atoms with Gasteiger partial charge in [0.05, 0.1) is 23.0 Å². The van der Waals surface area contributed by atoms with Gasteiger partial charge in [0.1, 0.15) is 0 Å². The number of rotatable bonds is 3. The Labute approximate surface area is 124 Å². The van der Waals surface area contributed by atoms with E-state index in [1.54, 1.807) is 12.1 Å². The first kappa shape index (κ1) is 13.8. The third-order valence-corrected chi connectivity index (χ3v) is 4.07. The summed E-state index contributed by atoms with van der Waals surface area (Å²) < 4.78 is 0. The number of benzene rings is 1. The van der Waals surface area contributed by atoms with E-state index in [4.69, 9.17) is 4.98 Å². The molecule has 3 rings (SSSR count). The molecule has 108 valence electrons.